The predicted octanol–water partition coefficient (Wildman–Crippen LogP) is 3.58. The Morgan fingerprint density at radius 1 is 1.44 bits per heavy atom. The van der Waals surface area contributed by atoms with Crippen molar-refractivity contribution in [3.63, 3.8) is 0 Å². The highest BCUT2D eigenvalue weighted by Gasteiger charge is 2.13. The van der Waals surface area contributed by atoms with Crippen LogP contribution in [0.15, 0.2) is 47.3 Å². The van der Waals surface area contributed by atoms with Crippen molar-refractivity contribution in [2.45, 2.75) is 26.7 Å². The molecular formula is C15H18O3. The fraction of sp³-hybridized carbons (Fsp3) is 0.333. The standard InChI is InChI=1S/C15H18O3/c1-15(2,8-4-3-5-10-16)9-6-14(17)13-7-11-18-12-13/h3,5-7,9-12H,4,8H2,1-2H3/b5-3+,9-6+. The summed E-state index contributed by atoms with van der Waals surface area (Å²) in [6.45, 7) is 4.11. The van der Waals surface area contributed by atoms with Gasteiger partial charge in [0.25, 0.3) is 0 Å². The zero-order chi connectivity index (χ0) is 13.4. The molecule has 1 aromatic rings. The van der Waals surface area contributed by atoms with Crippen LogP contribution in [0, 0.1) is 5.41 Å². The first kappa shape index (κ1) is 14.2. The van der Waals surface area contributed by atoms with Gasteiger partial charge in [-0.1, -0.05) is 26.0 Å². The number of carbonyl (C=O) groups is 2. The topological polar surface area (TPSA) is 47.3 Å². The van der Waals surface area contributed by atoms with Crippen LogP contribution in [0.1, 0.15) is 37.0 Å². The molecule has 0 N–H and O–H groups in total. The number of rotatable bonds is 7. The summed E-state index contributed by atoms with van der Waals surface area (Å²) in [6, 6.07) is 1.65. The van der Waals surface area contributed by atoms with Gasteiger partial charge in [-0.25, -0.2) is 0 Å². The molecule has 0 spiro atoms. The number of furan rings is 1. The molecule has 0 aliphatic heterocycles. The molecule has 0 saturated carbocycles. The Bertz CT molecular complexity index is 436. The Morgan fingerprint density at radius 3 is 2.83 bits per heavy atom. The maximum atomic E-state index is 11.7. The van der Waals surface area contributed by atoms with E-state index in [1.54, 1.807) is 12.1 Å². The molecule has 1 aromatic heterocycles. The quantitative estimate of drug-likeness (QED) is 0.419. The van der Waals surface area contributed by atoms with Crippen LogP contribution in [0.4, 0.5) is 0 Å². The average molecular weight is 246 g/mol. The molecule has 0 aliphatic rings. The summed E-state index contributed by atoms with van der Waals surface area (Å²) in [5.74, 6) is -0.0553. The molecule has 0 aliphatic carbocycles. The lowest BCUT2D eigenvalue weighted by atomic mass is 9.87. The number of ketones is 1. The number of allylic oxidation sites excluding steroid dienone is 4. The minimum atomic E-state index is -0.0768. The summed E-state index contributed by atoms with van der Waals surface area (Å²) in [7, 11) is 0. The van der Waals surface area contributed by atoms with E-state index < -0.39 is 0 Å². The van der Waals surface area contributed by atoms with Gasteiger partial charge >= 0.3 is 0 Å². The Hall–Kier alpha value is -1.90. The van der Waals surface area contributed by atoms with Crippen molar-refractivity contribution in [1.29, 1.82) is 0 Å². The predicted molar refractivity (Wildman–Crippen MR) is 70.4 cm³/mol. The van der Waals surface area contributed by atoms with Crippen LogP contribution in [0.3, 0.4) is 0 Å². The van der Waals surface area contributed by atoms with E-state index in [9.17, 15) is 9.59 Å². The van der Waals surface area contributed by atoms with E-state index in [2.05, 4.69) is 13.8 Å². The van der Waals surface area contributed by atoms with Crippen LogP contribution >= 0.6 is 0 Å². The van der Waals surface area contributed by atoms with Gasteiger partial charge in [0.2, 0.25) is 0 Å². The van der Waals surface area contributed by atoms with E-state index in [1.807, 2.05) is 12.2 Å². The SMILES string of the molecule is CC(C)(/C=C/C(=O)c1ccoc1)CC/C=C/C=O. The zero-order valence-electron chi connectivity index (χ0n) is 10.8. The van der Waals surface area contributed by atoms with E-state index in [1.165, 1.54) is 18.6 Å². The molecule has 0 unspecified atom stereocenters. The second kappa shape index (κ2) is 6.74. The number of carbonyl (C=O) groups excluding carboxylic acids is 2. The van der Waals surface area contributed by atoms with E-state index in [-0.39, 0.29) is 11.2 Å². The Kier molecular flexibility index (Phi) is 5.31. The van der Waals surface area contributed by atoms with E-state index in [0.717, 1.165) is 19.1 Å². The summed E-state index contributed by atoms with van der Waals surface area (Å²) in [6.07, 6.45) is 12.2. The fourth-order valence-electron chi connectivity index (χ4n) is 1.49. The van der Waals surface area contributed by atoms with Crippen molar-refractivity contribution < 1.29 is 14.0 Å². The van der Waals surface area contributed by atoms with Crippen molar-refractivity contribution in [2.75, 3.05) is 0 Å². The second-order valence-electron chi connectivity index (χ2n) is 4.80. The largest absolute Gasteiger partial charge is 0.472 e. The van der Waals surface area contributed by atoms with Crippen molar-refractivity contribution in [1.82, 2.24) is 0 Å². The van der Waals surface area contributed by atoms with Crippen molar-refractivity contribution in [3.8, 4) is 0 Å². The van der Waals surface area contributed by atoms with Crippen LogP contribution in [0.25, 0.3) is 0 Å². The molecular weight excluding hydrogens is 228 g/mol. The summed E-state index contributed by atoms with van der Waals surface area (Å²) in [5.41, 5.74) is 0.481. The molecule has 3 nitrogen and oxygen atoms in total. The molecule has 1 rings (SSSR count). The maximum Gasteiger partial charge on any atom is 0.188 e. The number of hydrogen-bond donors (Lipinski definition) is 0. The van der Waals surface area contributed by atoms with E-state index in [0.29, 0.717) is 5.56 Å². The zero-order valence-corrected chi connectivity index (χ0v) is 10.8. The van der Waals surface area contributed by atoms with Gasteiger partial charge in [-0.2, -0.15) is 0 Å². The Labute approximate surface area is 107 Å². The van der Waals surface area contributed by atoms with Gasteiger partial charge in [0, 0.05) is 0 Å². The second-order valence-corrected chi connectivity index (χ2v) is 4.80. The molecule has 1 heterocycles. The van der Waals surface area contributed by atoms with Crippen LogP contribution < -0.4 is 0 Å². The minimum Gasteiger partial charge on any atom is -0.472 e. The van der Waals surface area contributed by atoms with Crippen LogP contribution in [0.5, 0.6) is 0 Å². The number of aldehydes is 1. The van der Waals surface area contributed by atoms with Crippen LogP contribution in [-0.4, -0.2) is 12.1 Å². The summed E-state index contributed by atoms with van der Waals surface area (Å²) >= 11 is 0. The van der Waals surface area contributed by atoms with Crippen LogP contribution in [0.2, 0.25) is 0 Å². The fourth-order valence-corrected chi connectivity index (χ4v) is 1.49. The highest BCUT2D eigenvalue weighted by atomic mass is 16.3. The number of hydrogen-bond acceptors (Lipinski definition) is 3. The Balaban J connectivity index is 2.51. The van der Waals surface area contributed by atoms with Gasteiger partial charge in [0.15, 0.2) is 5.78 Å². The lowest BCUT2D eigenvalue weighted by molar-refractivity contribution is -0.104. The van der Waals surface area contributed by atoms with E-state index >= 15 is 0 Å². The minimum absolute atomic E-state index is 0.0553. The van der Waals surface area contributed by atoms with Crippen molar-refractivity contribution in [2.24, 2.45) is 5.41 Å². The maximum absolute atomic E-state index is 11.7. The molecule has 0 amide bonds. The molecule has 0 saturated heterocycles. The molecule has 0 aromatic carbocycles. The average Bonchev–Trinajstić information content (AvgIpc) is 2.86. The molecule has 0 atom stereocenters. The third-order valence-electron chi connectivity index (χ3n) is 2.66. The van der Waals surface area contributed by atoms with Gasteiger partial charge < -0.3 is 4.42 Å². The summed E-state index contributed by atoms with van der Waals surface area (Å²) < 4.78 is 4.86. The monoisotopic (exact) mass is 246 g/mol. The Morgan fingerprint density at radius 2 is 2.22 bits per heavy atom. The normalized spacial score (nSPS) is 12.3. The molecule has 0 bridgehead atoms. The van der Waals surface area contributed by atoms with Gasteiger partial charge in [-0.3, -0.25) is 9.59 Å². The molecule has 18 heavy (non-hydrogen) atoms. The van der Waals surface area contributed by atoms with Gasteiger partial charge in [-0.15, -0.1) is 0 Å². The third-order valence-corrected chi connectivity index (χ3v) is 2.66. The first-order valence-corrected chi connectivity index (χ1v) is 5.91. The van der Waals surface area contributed by atoms with Crippen LogP contribution in [-0.2, 0) is 4.79 Å². The van der Waals surface area contributed by atoms with Crippen molar-refractivity contribution >= 4 is 12.1 Å². The van der Waals surface area contributed by atoms with Crippen molar-refractivity contribution in [3.05, 3.63) is 48.5 Å². The molecule has 0 fully saturated rings. The van der Waals surface area contributed by atoms with Gasteiger partial charge in [-0.05, 0) is 36.5 Å². The smallest absolute Gasteiger partial charge is 0.188 e. The molecule has 96 valence electrons. The summed E-state index contributed by atoms with van der Waals surface area (Å²) in [5, 5.41) is 0. The lowest BCUT2D eigenvalue weighted by Gasteiger charge is -2.18. The highest BCUT2D eigenvalue weighted by Crippen LogP contribution is 2.24. The van der Waals surface area contributed by atoms with Gasteiger partial charge in [0.05, 0.1) is 11.8 Å². The molecule has 3 heteroatoms. The third kappa shape index (κ3) is 4.95. The van der Waals surface area contributed by atoms with Gasteiger partial charge in [0.1, 0.15) is 12.5 Å². The summed E-state index contributed by atoms with van der Waals surface area (Å²) in [4.78, 5) is 21.8. The highest BCUT2D eigenvalue weighted by molar-refractivity contribution is 6.04. The molecule has 0 radical (unpaired) electrons. The first-order chi connectivity index (χ1) is 8.55. The van der Waals surface area contributed by atoms with E-state index in [4.69, 9.17) is 4.42 Å². The lowest BCUT2D eigenvalue weighted by Crippen LogP contribution is -2.07. The first-order valence-electron chi connectivity index (χ1n) is 5.91.